The van der Waals surface area contributed by atoms with Gasteiger partial charge in [-0.05, 0) is 55.5 Å². The molecule has 0 saturated carbocycles. The van der Waals surface area contributed by atoms with Crippen LogP contribution in [0.3, 0.4) is 0 Å². The van der Waals surface area contributed by atoms with Crippen LogP contribution in [0.25, 0.3) is 0 Å². The molecule has 1 amide bonds. The lowest BCUT2D eigenvalue weighted by molar-refractivity contribution is 0.0720. The fraction of sp³-hybridized carbons (Fsp3) is 0.227. The summed E-state index contributed by atoms with van der Waals surface area (Å²) in [7, 11) is 0. The van der Waals surface area contributed by atoms with Crippen molar-refractivity contribution >= 4 is 11.6 Å². The molecular formula is C22H21FN4O2. The first-order chi connectivity index (χ1) is 14.1. The highest BCUT2D eigenvalue weighted by atomic mass is 19.1. The summed E-state index contributed by atoms with van der Waals surface area (Å²) in [6.07, 6.45) is 5.06. The molecule has 0 spiro atoms. The van der Waals surface area contributed by atoms with Crippen molar-refractivity contribution in [1.82, 2.24) is 14.9 Å². The molecule has 6 nitrogen and oxygen atoms in total. The fourth-order valence-corrected chi connectivity index (χ4v) is 3.43. The summed E-state index contributed by atoms with van der Waals surface area (Å²) in [4.78, 5) is 25.3. The molecule has 0 N–H and O–H groups in total. The number of carbonyl (C=O) groups excluding carboxylic acids is 1. The van der Waals surface area contributed by atoms with Gasteiger partial charge in [-0.15, -0.1) is 0 Å². The van der Waals surface area contributed by atoms with Crippen LogP contribution in [0.15, 0.2) is 67.1 Å². The highest BCUT2D eigenvalue weighted by molar-refractivity contribution is 5.92. The van der Waals surface area contributed by atoms with Gasteiger partial charge in [-0.25, -0.2) is 9.37 Å². The number of benzene rings is 1. The van der Waals surface area contributed by atoms with Crippen LogP contribution in [0.1, 0.15) is 17.4 Å². The van der Waals surface area contributed by atoms with Crippen LogP contribution in [-0.4, -0.2) is 46.5 Å². The van der Waals surface area contributed by atoms with E-state index in [0.29, 0.717) is 30.3 Å². The Morgan fingerprint density at radius 1 is 1.03 bits per heavy atom. The topological polar surface area (TPSA) is 58.6 Å². The lowest BCUT2D eigenvalue weighted by Crippen LogP contribution is -2.53. The first kappa shape index (κ1) is 18.9. The van der Waals surface area contributed by atoms with E-state index >= 15 is 0 Å². The molecule has 0 bridgehead atoms. The summed E-state index contributed by atoms with van der Waals surface area (Å²) < 4.78 is 18.6. The SMILES string of the molecule is CC1CN(C(=O)c2ccc(Oc3ccc(F)cc3)cn2)CCN1c1ccncc1. The molecule has 3 heterocycles. The van der Waals surface area contributed by atoms with Crippen molar-refractivity contribution in [2.75, 3.05) is 24.5 Å². The molecule has 1 saturated heterocycles. The number of pyridine rings is 2. The quantitative estimate of drug-likeness (QED) is 0.677. The van der Waals surface area contributed by atoms with E-state index in [9.17, 15) is 9.18 Å². The Balaban J connectivity index is 1.39. The predicted molar refractivity (Wildman–Crippen MR) is 108 cm³/mol. The molecule has 3 aromatic rings. The number of carbonyl (C=O) groups is 1. The van der Waals surface area contributed by atoms with Crippen LogP contribution in [0.2, 0.25) is 0 Å². The van der Waals surface area contributed by atoms with Gasteiger partial charge < -0.3 is 14.5 Å². The van der Waals surface area contributed by atoms with Crippen molar-refractivity contribution in [1.29, 1.82) is 0 Å². The summed E-state index contributed by atoms with van der Waals surface area (Å²) in [5.74, 6) is 0.576. The van der Waals surface area contributed by atoms with Gasteiger partial charge in [0.2, 0.25) is 0 Å². The van der Waals surface area contributed by atoms with Crippen molar-refractivity contribution < 1.29 is 13.9 Å². The van der Waals surface area contributed by atoms with Crippen molar-refractivity contribution in [3.05, 3.63) is 78.6 Å². The zero-order valence-corrected chi connectivity index (χ0v) is 16.0. The van der Waals surface area contributed by atoms with Crippen LogP contribution >= 0.6 is 0 Å². The first-order valence-electron chi connectivity index (χ1n) is 9.45. The van der Waals surface area contributed by atoms with Gasteiger partial charge in [0.1, 0.15) is 23.0 Å². The molecule has 1 aliphatic heterocycles. The Hall–Kier alpha value is -3.48. The lowest BCUT2D eigenvalue weighted by atomic mass is 10.1. The molecule has 0 radical (unpaired) electrons. The normalized spacial score (nSPS) is 16.6. The van der Waals surface area contributed by atoms with Crippen LogP contribution in [-0.2, 0) is 0 Å². The van der Waals surface area contributed by atoms with Crippen molar-refractivity contribution in [3.63, 3.8) is 0 Å². The molecule has 1 unspecified atom stereocenters. The van der Waals surface area contributed by atoms with Crippen molar-refractivity contribution in [3.8, 4) is 11.5 Å². The predicted octanol–water partition coefficient (Wildman–Crippen LogP) is 3.76. The highest BCUT2D eigenvalue weighted by Gasteiger charge is 2.28. The summed E-state index contributed by atoms with van der Waals surface area (Å²) in [6, 6.07) is 13.2. The highest BCUT2D eigenvalue weighted by Crippen LogP contribution is 2.23. The number of rotatable bonds is 4. The number of hydrogen-bond acceptors (Lipinski definition) is 5. The molecule has 7 heteroatoms. The Labute approximate surface area is 168 Å². The van der Waals surface area contributed by atoms with E-state index in [1.165, 1.54) is 30.5 Å². The number of aromatic nitrogens is 2. The van der Waals surface area contributed by atoms with Gasteiger partial charge in [-0.2, -0.15) is 0 Å². The van der Waals surface area contributed by atoms with Crippen LogP contribution < -0.4 is 9.64 Å². The van der Waals surface area contributed by atoms with Crippen LogP contribution in [0, 0.1) is 5.82 Å². The van der Waals surface area contributed by atoms with Gasteiger partial charge in [0.25, 0.3) is 5.91 Å². The van der Waals surface area contributed by atoms with Crippen LogP contribution in [0.4, 0.5) is 10.1 Å². The Morgan fingerprint density at radius 3 is 2.41 bits per heavy atom. The van der Waals surface area contributed by atoms with E-state index in [1.54, 1.807) is 24.5 Å². The second-order valence-electron chi connectivity index (χ2n) is 6.93. The molecule has 0 aliphatic carbocycles. The maximum absolute atomic E-state index is 13.0. The van der Waals surface area contributed by atoms with E-state index in [-0.39, 0.29) is 17.8 Å². The maximum Gasteiger partial charge on any atom is 0.272 e. The molecule has 4 rings (SSSR count). The van der Waals surface area contributed by atoms with Gasteiger partial charge >= 0.3 is 0 Å². The third-order valence-electron chi connectivity index (χ3n) is 4.91. The Morgan fingerprint density at radius 2 is 1.76 bits per heavy atom. The molecule has 1 fully saturated rings. The Kier molecular flexibility index (Phi) is 5.37. The van der Waals surface area contributed by atoms with E-state index in [2.05, 4.69) is 21.8 Å². The standard InChI is InChI=1S/C22H21FN4O2/c1-16-15-26(12-13-27(16)18-8-10-24-11-9-18)22(28)21-7-6-20(14-25-21)29-19-4-2-17(23)3-5-19/h2-11,14,16H,12-13,15H2,1H3. The van der Waals surface area contributed by atoms with E-state index < -0.39 is 0 Å². The summed E-state index contributed by atoms with van der Waals surface area (Å²) in [5.41, 5.74) is 1.49. The smallest absolute Gasteiger partial charge is 0.272 e. The van der Waals surface area contributed by atoms with E-state index in [1.807, 2.05) is 17.0 Å². The minimum absolute atomic E-state index is 0.0976. The summed E-state index contributed by atoms with van der Waals surface area (Å²) in [6.45, 7) is 4.10. The molecular weight excluding hydrogens is 371 g/mol. The maximum atomic E-state index is 13.0. The van der Waals surface area contributed by atoms with Gasteiger partial charge in [-0.1, -0.05) is 0 Å². The fourth-order valence-electron chi connectivity index (χ4n) is 3.43. The molecule has 1 aromatic carbocycles. The zero-order chi connectivity index (χ0) is 20.2. The Bertz CT molecular complexity index is 964. The monoisotopic (exact) mass is 392 g/mol. The van der Waals surface area contributed by atoms with Gasteiger partial charge in [0.15, 0.2) is 0 Å². The zero-order valence-electron chi connectivity index (χ0n) is 16.0. The first-order valence-corrected chi connectivity index (χ1v) is 9.45. The molecule has 1 atom stereocenters. The number of anilines is 1. The minimum atomic E-state index is -0.324. The average molecular weight is 392 g/mol. The van der Waals surface area contributed by atoms with Gasteiger partial charge in [0.05, 0.1) is 6.20 Å². The minimum Gasteiger partial charge on any atom is -0.456 e. The number of ether oxygens (including phenoxy) is 1. The average Bonchev–Trinajstić information content (AvgIpc) is 2.76. The van der Waals surface area contributed by atoms with Crippen LogP contribution in [0.5, 0.6) is 11.5 Å². The van der Waals surface area contributed by atoms with Gasteiger partial charge in [-0.3, -0.25) is 9.78 Å². The number of hydrogen-bond donors (Lipinski definition) is 0. The number of halogens is 1. The largest absolute Gasteiger partial charge is 0.456 e. The third kappa shape index (κ3) is 4.34. The number of nitrogens with zero attached hydrogens (tertiary/aromatic N) is 4. The molecule has 1 aliphatic rings. The van der Waals surface area contributed by atoms with Crippen molar-refractivity contribution in [2.45, 2.75) is 13.0 Å². The van der Waals surface area contributed by atoms with Gasteiger partial charge in [0, 0.05) is 43.8 Å². The number of piperazine rings is 1. The van der Waals surface area contributed by atoms with E-state index in [0.717, 1.165) is 12.2 Å². The number of amides is 1. The summed E-state index contributed by atoms with van der Waals surface area (Å²) in [5, 5.41) is 0. The molecule has 29 heavy (non-hydrogen) atoms. The van der Waals surface area contributed by atoms with E-state index in [4.69, 9.17) is 4.74 Å². The molecule has 2 aromatic heterocycles. The lowest BCUT2D eigenvalue weighted by Gasteiger charge is -2.41. The second kappa shape index (κ2) is 8.26. The van der Waals surface area contributed by atoms with Crippen molar-refractivity contribution in [2.24, 2.45) is 0 Å². The summed E-state index contributed by atoms with van der Waals surface area (Å²) >= 11 is 0. The second-order valence-corrected chi connectivity index (χ2v) is 6.93. The molecule has 148 valence electrons. The third-order valence-corrected chi connectivity index (χ3v) is 4.91.